The predicted molar refractivity (Wildman–Crippen MR) is 320 cm³/mol. The third-order valence-electron chi connectivity index (χ3n) is 14.2. The molecule has 9 rings (SSSR count). The number of aromatic nitrogens is 6. The molecule has 0 bridgehead atoms. The van der Waals surface area contributed by atoms with Gasteiger partial charge in [0.05, 0.1) is 44.0 Å². The maximum absolute atomic E-state index is 13.9. The molecule has 2 aliphatic heterocycles. The van der Waals surface area contributed by atoms with Crippen LogP contribution < -0.4 is 36.3 Å². The fraction of sp³-hybridized carbons (Fsp3) is 0.433. The Kier molecular flexibility index (Phi) is 19.0. The lowest BCUT2D eigenvalue weighted by Crippen LogP contribution is -2.49. The molecule has 2 fully saturated rings. The fourth-order valence-corrected chi connectivity index (χ4v) is 10.6. The van der Waals surface area contributed by atoms with Crippen LogP contribution in [-0.2, 0) is 47.9 Å². The number of anilines is 2. The molecule has 3 amide bonds. The number of nitrogens with zero attached hydrogens (tertiary/aromatic N) is 9. The van der Waals surface area contributed by atoms with Crippen LogP contribution in [0.15, 0.2) is 94.5 Å². The summed E-state index contributed by atoms with van der Waals surface area (Å²) in [7, 11) is 7.59. The number of nitrogens with one attached hydrogen (secondary N) is 2. The number of methoxy groups -OCH3 is 1. The summed E-state index contributed by atoms with van der Waals surface area (Å²) in [6.45, 7) is 13.9. The molecular formula is C60H73Cl2N11O10. The molecule has 0 aliphatic carbocycles. The molecule has 3 aromatic carbocycles. The molecule has 21 nitrogen and oxygen atoms in total. The number of amides is 3. The number of carbonyl (C=O) groups excluding carboxylic acids is 4. The lowest BCUT2D eigenvalue weighted by molar-refractivity contribution is -0.0763. The van der Waals surface area contributed by atoms with E-state index in [1.54, 1.807) is 39.4 Å². The van der Waals surface area contributed by atoms with Crippen LogP contribution in [0, 0.1) is 0 Å². The standard InChI is InChI=1S/C33H38ClN5O5.C27H35ClN6O5/c1-33(2,3)44-32(42)35-23-12-9-15-38(20-23)31-36-26-18-27(28(40)17-21-10-8-13-24(16-21)43-5)37(4)30(41)29(26)39(31)19-22-11-6-7-14-25(22)34;1-27(2,3)39-26(37)29-18-11-9-13-33(16-18)25-30-20-14-21(23(35)32(5)38-6)31(4)24(36)22(20)34(25)15-17-10-7-8-12-19(17)28/h6-8,10-11,13-14,16,18,23H,9,12,15,17,19-20H2,1-5H3,(H,35,42);7-8,10,12,14,18H,9,11,13,15-16H2,1-6H3,(H,29,37)/t23-;18-/m11/s1. The van der Waals surface area contributed by atoms with Crippen molar-refractivity contribution in [1.82, 2.24) is 43.9 Å². The van der Waals surface area contributed by atoms with Gasteiger partial charge in [0.25, 0.3) is 17.0 Å². The zero-order chi connectivity index (χ0) is 60.1. The monoisotopic (exact) mass is 1180 g/mol. The van der Waals surface area contributed by atoms with E-state index in [1.807, 2.05) is 122 Å². The molecule has 0 saturated carbocycles. The maximum atomic E-state index is 13.9. The summed E-state index contributed by atoms with van der Waals surface area (Å²) in [5, 5.41) is 8.14. The highest BCUT2D eigenvalue weighted by molar-refractivity contribution is 6.31. The van der Waals surface area contributed by atoms with Gasteiger partial charge in [0, 0.05) is 75.9 Å². The number of imidazole rings is 2. The van der Waals surface area contributed by atoms with Crippen LogP contribution in [0.3, 0.4) is 0 Å². The first kappa shape index (κ1) is 61.2. The average Bonchev–Trinajstić information content (AvgIpc) is 3.90. The van der Waals surface area contributed by atoms with Crippen molar-refractivity contribution in [2.75, 3.05) is 57.2 Å². The van der Waals surface area contributed by atoms with Crippen LogP contribution >= 0.6 is 23.2 Å². The number of piperidine rings is 2. The molecule has 442 valence electrons. The van der Waals surface area contributed by atoms with Gasteiger partial charge in [-0.15, -0.1) is 0 Å². The second kappa shape index (κ2) is 25.7. The Morgan fingerprint density at radius 3 is 1.55 bits per heavy atom. The van der Waals surface area contributed by atoms with Gasteiger partial charge in [0.15, 0.2) is 5.78 Å². The number of Topliss-reactive ketones (excluding diaryl/α,β-unsaturated/α-hetero) is 1. The highest BCUT2D eigenvalue weighted by atomic mass is 35.5. The number of benzene rings is 3. The molecule has 23 heteroatoms. The Labute approximate surface area is 491 Å². The summed E-state index contributed by atoms with van der Waals surface area (Å²) >= 11 is 13.1. The average molecular weight is 1180 g/mol. The number of halogens is 2. The Hall–Kier alpha value is -7.88. The largest absolute Gasteiger partial charge is 0.497 e. The van der Waals surface area contributed by atoms with Gasteiger partial charge in [-0.25, -0.2) is 24.6 Å². The topological polar surface area (TPSA) is 219 Å². The van der Waals surface area contributed by atoms with Gasteiger partial charge in [-0.2, -0.15) is 0 Å². The SMILES string of the molecule is CON(C)C(=O)c1cc2nc(N3CCC[C@@H](NC(=O)OC(C)(C)C)C3)n(Cc3ccccc3Cl)c2c(=O)n1C.COc1cccc(CC(=O)c2cc3nc(N4CCC[C@@H](NC(=O)OC(C)(C)C)C4)n(Cc4ccccc4Cl)c3c(=O)n2C)c1. The number of ketones is 1. The fourth-order valence-electron chi connectivity index (χ4n) is 10.2. The number of hydrogen-bond acceptors (Lipinski definition) is 14. The number of pyridine rings is 2. The van der Waals surface area contributed by atoms with Crippen molar-refractivity contribution < 1.29 is 38.2 Å². The zero-order valence-electron chi connectivity index (χ0n) is 48.9. The molecule has 2 aliphatic rings. The predicted octanol–water partition coefficient (Wildman–Crippen LogP) is 8.93. The quantitative estimate of drug-likeness (QED) is 0.0768. The van der Waals surface area contributed by atoms with Gasteiger partial charge in [-0.3, -0.25) is 24.0 Å². The Bertz CT molecular complexity index is 3670. The normalized spacial score (nSPS) is 15.6. The van der Waals surface area contributed by atoms with E-state index >= 15 is 0 Å². The summed E-state index contributed by atoms with van der Waals surface area (Å²) < 4.78 is 22.6. The van der Waals surface area contributed by atoms with E-state index < -0.39 is 29.3 Å². The number of ether oxygens (including phenoxy) is 3. The molecule has 6 heterocycles. The first-order chi connectivity index (χ1) is 39.3. The van der Waals surface area contributed by atoms with Crippen LogP contribution in [-0.4, -0.2) is 128 Å². The first-order valence-electron chi connectivity index (χ1n) is 27.5. The van der Waals surface area contributed by atoms with Crippen LogP contribution in [0.4, 0.5) is 21.5 Å². The van der Waals surface area contributed by atoms with E-state index in [4.69, 9.17) is 52.2 Å². The summed E-state index contributed by atoms with van der Waals surface area (Å²) in [6.07, 6.45) is 2.33. The van der Waals surface area contributed by atoms with Crippen LogP contribution in [0.2, 0.25) is 10.0 Å². The van der Waals surface area contributed by atoms with Crippen molar-refractivity contribution in [3.05, 3.63) is 144 Å². The van der Waals surface area contributed by atoms with Gasteiger partial charge in [-0.05, 0) is 120 Å². The number of carbonyl (C=O) groups is 4. The zero-order valence-corrected chi connectivity index (χ0v) is 50.4. The first-order valence-corrected chi connectivity index (χ1v) is 28.2. The highest BCUT2D eigenvalue weighted by Crippen LogP contribution is 2.30. The molecule has 2 N–H and O–H groups in total. The van der Waals surface area contributed by atoms with Crippen molar-refractivity contribution in [2.24, 2.45) is 14.1 Å². The van der Waals surface area contributed by atoms with E-state index in [-0.39, 0.29) is 46.8 Å². The van der Waals surface area contributed by atoms with Crippen molar-refractivity contribution >= 4 is 81.0 Å². The van der Waals surface area contributed by atoms with Crippen molar-refractivity contribution in [1.29, 1.82) is 0 Å². The minimum atomic E-state index is -0.608. The maximum Gasteiger partial charge on any atom is 0.407 e. The minimum absolute atomic E-state index is 0.104. The van der Waals surface area contributed by atoms with E-state index in [9.17, 15) is 28.8 Å². The molecule has 0 radical (unpaired) electrons. The number of alkyl carbamates (subject to hydrolysis) is 2. The van der Waals surface area contributed by atoms with Crippen molar-refractivity contribution in [2.45, 2.75) is 110 Å². The molecule has 2 saturated heterocycles. The number of hydroxylamine groups is 2. The molecule has 83 heavy (non-hydrogen) atoms. The molecule has 7 aromatic rings. The van der Waals surface area contributed by atoms with Crippen LogP contribution in [0.25, 0.3) is 22.1 Å². The van der Waals surface area contributed by atoms with Crippen LogP contribution in [0.5, 0.6) is 5.75 Å². The lowest BCUT2D eigenvalue weighted by atomic mass is 10.1. The third kappa shape index (κ3) is 14.7. The molecule has 0 spiro atoms. The van der Waals surface area contributed by atoms with Gasteiger partial charge in [0.1, 0.15) is 33.7 Å². The number of fused-ring (bicyclic) bond motifs is 2. The van der Waals surface area contributed by atoms with Gasteiger partial charge in [0.2, 0.25) is 11.9 Å². The van der Waals surface area contributed by atoms with Gasteiger partial charge < -0.3 is 52.9 Å². The number of rotatable bonds is 14. The van der Waals surface area contributed by atoms with Crippen LogP contribution in [0.1, 0.15) is 105 Å². The smallest absolute Gasteiger partial charge is 0.407 e. The second-order valence-electron chi connectivity index (χ2n) is 22.7. The molecule has 2 atom stereocenters. The summed E-state index contributed by atoms with van der Waals surface area (Å²) in [5.41, 5.74) is 2.47. The molecule has 0 unspecified atom stereocenters. The summed E-state index contributed by atoms with van der Waals surface area (Å²) in [6, 6.07) is 25.2. The Morgan fingerprint density at radius 1 is 0.651 bits per heavy atom. The summed E-state index contributed by atoms with van der Waals surface area (Å²) in [5.74, 6) is 1.11. The van der Waals surface area contributed by atoms with Crippen molar-refractivity contribution in [3.63, 3.8) is 0 Å². The molecular weight excluding hydrogens is 1110 g/mol. The van der Waals surface area contributed by atoms with Crippen molar-refractivity contribution in [3.8, 4) is 5.75 Å². The molecule has 4 aromatic heterocycles. The Balaban J connectivity index is 0.000000219. The second-order valence-corrected chi connectivity index (χ2v) is 23.5. The Morgan fingerprint density at radius 2 is 1.11 bits per heavy atom. The number of hydrogen-bond donors (Lipinski definition) is 2. The van der Waals surface area contributed by atoms with E-state index in [0.29, 0.717) is 89.0 Å². The highest BCUT2D eigenvalue weighted by Gasteiger charge is 2.32. The van der Waals surface area contributed by atoms with E-state index in [1.165, 1.54) is 23.3 Å². The van der Waals surface area contributed by atoms with E-state index in [0.717, 1.165) is 47.4 Å². The minimum Gasteiger partial charge on any atom is -0.497 e. The van der Waals surface area contributed by atoms with Gasteiger partial charge in [-0.1, -0.05) is 71.7 Å². The third-order valence-corrected chi connectivity index (χ3v) is 15.0. The summed E-state index contributed by atoms with van der Waals surface area (Å²) in [4.78, 5) is 97.9. The van der Waals surface area contributed by atoms with E-state index in [2.05, 4.69) is 15.5 Å². The van der Waals surface area contributed by atoms with Gasteiger partial charge >= 0.3 is 12.2 Å². The lowest BCUT2D eigenvalue weighted by Gasteiger charge is -2.34.